The van der Waals surface area contributed by atoms with E-state index < -0.39 is 23.3 Å². The number of carbonyl (C=O) groups excluding carboxylic acids is 1. The number of nitrogens with zero attached hydrogens (tertiary/aromatic N) is 1. The summed E-state index contributed by atoms with van der Waals surface area (Å²) in [7, 11) is 0. The van der Waals surface area contributed by atoms with Gasteiger partial charge in [0.05, 0.1) is 18.7 Å². The Morgan fingerprint density at radius 3 is 2.39 bits per heavy atom. The summed E-state index contributed by atoms with van der Waals surface area (Å²) >= 11 is 0. The molecule has 0 aliphatic heterocycles. The summed E-state index contributed by atoms with van der Waals surface area (Å²) in [5.74, 6) is -0.723. The lowest BCUT2D eigenvalue weighted by Crippen LogP contribution is -2.27. The van der Waals surface area contributed by atoms with E-state index in [-0.39, 0.29) is 18.7 Å². The highest BCUT2D eigenvalue weighted by Crippen LogP contribution is 2.29. The van der Waals surface area contributed by atoms with Crippen LogP contribution < -0.4 is 5.56 Å². The van der Waals surface area contributed by atoms with Gasteiger partial charge in [-0.15, -0.1) is 0 Å². The van der Waals surface area contributed by atoms with Gasteiger partial charge in [-0.3, -0.25) is 4.79 Å². The first kappa shape index (κ1) is 16.8. The maximum atomic E-state index is 12.5. The Hall–Kier alpha value is -2.57. The van der Waals surface area contributed by atoms with E-state index in [9.17, 15) is 22.8 Å². The van der Waals surface area contributed by atoms with E-state index >= 15 is 0 Å². The molecule has 122 valence electrons. The zero-order chi connectivity index (χ0) is 17.0. The van der Waals surface area contributed by atoms with Gasteiger partial charge in [0.2, 0.25) is 0 Å². The van der Waals surface area contributed by atoms with Gasteiger partial charge in [0, 0.05) is 6.20 Å². The minimum atomic E-state index is -4.40. The molecule has 7 heteroatoms. The molecule has 0 N–H and O–H groups in total. The van der Waals surface area contributed by atoms with Crippen molar-refractivity contribution in [3.8, 4) is 0 Å². The van der Waals surface area contributed by atoms with Crippen LogP contribution in [0.25, 0.3) is 0 Å². The molecule has 1 aromatic carbocycles. The third-order valence-electron chi connectivity index (χ3n) is 3.15. The molecule has 4 nitrogen and oxygen atoms in total. The molecule has 1 heterocycles. The number of aromatic nitrogens is 1. The highest BCUT2D eigenvalue weighted by atomic mass is 19.4. The van der Waals surface area contributed by atoms with Gasteiger partial charge in [0.15, 0.2) is 0 Å². The van der Waals surface area contributed by atoms with Crippen molar-refractivity contribution in [3.63, 3.8) is 0 Å². The summed E-state index contributed by atoms with van der Waals surface area (Å²) in [6.07, 6.45) is -2.94. The second kappa shape index (κ2) is 6.68. The van der Waals surface area contributed by atoms with Crippen LogP contribution in [0.2, 0.25) is 0 Å². The Balaban J connectivity index is 2.25. The second-order valence-electron chi connectivity index (χ2n) is 4.77. The summed E-state index contributed by atoms with van der Waals surface area (Å²) in [5, 5.41) is 0. The number of hydrogen-bond donors (Lipinski definition) is 0. The zero-order valence-electron chi connectivity index (χ0n) is 12.3. The standard InChI is InChI=1S/C16H14F3NO3/c1-2-23-15(22)13-4-3-9-20(14(13)21)10-11-5-7-12(8-6-11)16(17,18)19/h3-9H,2,10H2,1H3. The van der Waals surface area contributed by atoms with Crippen molar-refractivity contribution in [2.45, 2.75) is 19.6 Å². The van der Waals surface area contributed by atoms with Crippen LogP contribution in [0.1, 0.15) is 28.4 Å². The fourth-order valence-corrected chi connectivity index (χ4v) is 2.02. The van der Waals surface area contributed by atoms with Gasteiger partial charge in [-0.05, 0) is 36.8 Å². The quantitative estimate of drug-likeness (QED) is 0.812. The number of esters is 1. The minimum absolute atomic E-state index is 0.0597. The van der Waals surface area contributed by atoms with Crippen molar-refractivity contribution in [2.24, 2.45) is 0 Å². The van der Waals surface area contributed by atoms with Crippen molar-refractivity contribution < 1.29 is 22.7 Å². The smallest absolute Gasteiger partial charge is 0.416 e. The van der Waals surface area contributed by atoms with Gasteiger partial charge in [-0.2, -0.15) is 13.2 Å². The molecule has 0 fully saturated rings. The lowest BCUT2D eigenvalue weighted by molar-refractivity contribution is -0.137. The number of carbonyl (C=O) groups is 1. The van der Waals surface area contributed by atoms with Crippen molar-refractivity contribution in [1.82, 2.24) is 4.57 Å². The Kier molecular flexibility index (Phi) is 4.88. The predicted octanol–water partition coefficient (Wildman–Crippen LogP) is 3.09. The Bertz CT molecular complexity index is 748. The third kappa shape index (κ3) is 4.00. The largest absolute Gasteiger partial charge is 0.462 e. The molecule has 1 aromatic heterocycles. The number of hydrogen-bond acceptors (Lipinski definition) is 3. The van der Waals surface area contributed by atoms with Gasteiger partial charge in [0.1, 0.15) is 5.56 Å². The Morgan fingerprint density at radius 1 is 1.17 bits per heavy atom. The molecule has 0 amide bonds. The first-order chi connectivity index (χ1) is 10.8. The van der Waals surface area contributed by atoms with Crippen molar-refractivity contribution in [1.29, 1.82) is 0 Å². The van der Waals surface area contributed by atoms with Crippen LogP contribution in [0.3, 0.4) is 0 Å². The fourth-order valence-electron chi connectivity index (χ4n) is 2.02. The van der Waals surface area contributed by atoms with Gasteiger partial charge in [-0.1, -0.05) is 12.1 Å². The summed E-state index contributed by atoms with van der Waals surface area (Å²) in [5.41, 5.74) is -0.901. The molecule has 2 aromatic rings. The van der Waals surface area contributed by atoms with E-state index in [2.05, 4.69) is 0 Å². The topological polar surface area (TPSA) is 48.3 Å². The van der Waals surface area contributed by atoms with Gasteiger partial charge < -0.3 is 9.30 Å². The molecule has 0 saturated carbocycles. The SMILES string of the molecule is CCOC(=O)c1cccn(Cc2ccc(C(F)(F)F)cc2)c1=O. The molecule has 0 radical (unpaired) electrons. The van der Waals surface area contributed by atoms with Gasteiger partial charge in [-0.25, -0.2) is 4.79 Å². The molecule has 0 atom stereocenters. The lowest BCUT2D eigenvalue weighted by atomic mass is 10.1. The number of ether oxygens (including phenoxy) is 1. The van der Waals surface area contributed by atoms with Crippen LogP contribution in [0.15, 0.2) is 47.4 Å². The van der Waals surface area contributed by atoms with Crippen molar-refractivity contribution >= 4 is 5.97 Å². The molecule has 0 unspecified atom stereocenters. The highest BCUT2D eigenvalue weighted by Gasteiger charge is 2.29. The molecule has 2 rings (SSSR count). The summed E-state index contributed by atoms with van der Waals surface area (Å²) in [6.45, 7) is 1.83. The number of pyridine rings is 1. The predicted molar refractivity (Wildman–Crippen MR) is 77.2 cm³/mol. The zero-order valence-corrected chi connectivity index (χ0v) is 12.3. The van der Waals surface area contributed by atoms with Crippen LogP contribution in [0.4, 0.5) is 13.2 Å². The molecule has 23 heavy (non-hydrogen) atoms. The fraction of sp³-hybridized carbons (Fsp3) is 0.250. The number of alkyl halides is 3. The number of rotatable bonds is 4. The van der Waals surface area contributed by atoms with E-state index in [1.165, 1.54) is 35.0 Å². The van der Waals surface area contributed by atoms with Crippen LogP contribution >= 0.6 is 0 Å². The molecule has 0 aliphatic rings. The monoisotopic (exact) mass is 325 g/mol. The first-order valence-corrected chi connectivity index (χ1v) is 6.85. The summed E-state index contributed by atoms with van der Waals surface area (Å²) < 4.78 is 43.6. The van der Waals surface area contributed by atoms with Crippen LogP contribution in [0, 0.1) is 0 Å². The summed E-state index contributed by atoms with van der Waals surface area (Å²) in [4.78, 5) is 23.9. The number of halogens is 3. The van der Waals surface area contributed by atoms with Crippen LogP contribution in [-0.2, 0) is 17.5 Å². The average Bonchev–Trinajstić information content (AvgIpc) is 2.49. The van der Waals surface area contributed by atoms with E-state index in [0.717, 1.165) is 12.1 Å². The molecule has 0 saturated heterocycles. The van der Waals surface area contributed by atoms with Gasteiger partial charge >= 0.3 is 12.1 Å². The Morgan fingerprint density at radius 2 is 1.83 bits per heavy atom. The highest BCUT2D eigenvalue weighted by molar-refractivity contribution is 5.88. The maximum absolute atomic E-state index is 12.5. The van der Waals surface area contributed by atoms with E-state index in [0.29, 0.717) is 5.56 Å². The molecule has 0 aliphatic carbocycles. The minimum Gasteiger partial charge on any atom is -0.462 e. The van der Waals surface area contributed by atoms with Crippen LogP contribution in [0.5, 0.6) is 0 Å². The van der Waals surface area contributed by atoms with Crippen LogP contribution in [-0.4, -0.2) is 17.1 Å². The second-order valence-corrected chi connectivity index (χ2v) is 4.77. The molecular formula is C16H14F3NO3. The van der Waals surface area contributed by atoms with Crippen molar-refractivity contribution in [2.75, 3.05) is 6.61 Å². The number of benzene rings is 1. The van der Waals surface area contributed by atoms with Crippen molar-refractivity contribution in [3.05, 3.63) is 69.6 Å². The molecule has 0 bridgehead atoms. The first-order valence-electron chi connectivity index (χ1n) is 6.85. The van der Waals surface area contributed by atoms with E-state index in [4.69, 9.17) is 4.74 Å². The van der Waals surface area contributed by atoms with E-state index in [1.807, 2.05) is 0 Å². The Labute approximate surface area is 130 Å². The average molecular weight is 325 g/mol. The van der Waals surface area contributed by atoms with E-state index in [1.54, 1.807) is 6.92 Å². The summed E-state index contributed by atoms with van der Waals surface area (Å²) in [6, 6.07) is 7.37. The lowest BCUT2D eigenvalue weighted by Gasteiger charge is -2.10. The van der Waals surface area contributed by atoms with Gasteiger partial charge in [0.25, 0.3) is 5.56 Å². The maximum Gasteiger partial charge on any atom is 0.416 e. The normalized spacial score (nSPS) is 11.3. The third-order valence-corrected chi connectivity index (χ3v) is 3.15. The molecule has 0 spiro atoms. The molecular weight excluding hydrogens is 311 g/mol.